The molecule has 0 aliphatic rings. The standard InChI is InChI=1S/C11H7F4N3O2S/c1-18-4(10(19)20-2)3-16-11(18)21-7-5(12)8(14)17-9(15)6(7)13/h3H,1-2H3. The summed E-state index contributed by atoms with van der Waals surface area (Å²) in [5, 5.41) is -0.0572. The minimum Gasteiger partial charge on any atom is -0.464 e. The van der Waals surface area contributed by atoms with Gasteiger partial charge in [0.05, 0.1) is 18.2 Å². The molecule has 0 fully saturated rings. The van der Waals surface area contributed by atoms with Gasteiger partial charge in [0.2, 0.25) is 0 Å². The van der Waals surface area contributed by atoms with E-state index in [0.717, 1.165) is 13.3 Å². The van der Waals surface area contributed by atoms with E-state index >= 15 is 0 Å². The SMILES string of the molecule is COC(=O)c1cnc(Sc2c(F)c(F)nc(F)c2F)n1C. The number of hydrogen-bond acceptors (Lipinski definition) is 5. The second-order valence-corrected chi connectivity index (χ2v) is 4.71. The number of halogens is 4. The number of methoxy groups -OCH3 is 1. The predicted molar refractivity (Wildman–Crippen MR) is 62.7 cm³/mol. The molecule has 2 aromatic heterocycles. The molecule has 0 saturated carbocycles. The van der Waals surface area contributed by atoms with Gasteiger partial charge in [-0.3, -0.25) is 0 Å². The van der Waals surface area contributed by atoms with Gasteiger partial charge in [-0.15, -0.1) is 0 Å². The lowest BCUT2D eigenvalue weighted by molar-refractivity contribution is 0.0589. The Labute approximate surface area is 120 Å². The van der Waals surface area contributed by atoms with Crippen LogP contribution in [-0.2, 0) is 11.8 Å². The minimum atomic E-state index is -1.76. The average molecular weight is 321 g/mol. The van der Waals surface area contributed by atoms with Crippen LogP contribution < -0.4 is 0 Å². The fourth-order valence-electron chi connectivity index (χ4n) is 1.43. The van der Waals surface area contributed by atoms with E-state index in [-0.39, 0.29) is 10.9 Å². The summed E-state index contributed by atoms with van der Waals surface area (Å²) in [7, 11) is 2.53. The van der Waals surface area contributed by atoms with Crippen LogP contribution in [0.5, 0.6) is 0 Å². The van der Waals surface area contributed by atoms with Crippen LogP contribution in [0.25, 0.3) is 0 Å². The number of imidazole rings is 1. The van der Waals surface area contributed by atoms with Gasteiger partial charge in [-0.2, -0.15) is 13.8 Å². The number of esters is 1. The molecule has 0 aliphatic carbocycles. The lowest BCUT2D eigenvalue weighted by Gasteiger charge is -2.06. The number of hydrogen-bond donors (Lipinski definition) is 0. The first-order valence-electron chi connectivity index (χ1n) is 5.34. The van der Waals surface area contributed by atoms with Gasteiger partial charge in [-0.05, 0) is 11.8 Å². The van der Waals surface area contributed by atoms with Crippen molar-refractivity contribution < 1.29 is 27.1 Å². The van der Waals surface area contributed by atoms with Gasteiger partial charge >= 0.3 is 5.97 Å². The monoisotopic (exact) mass is 321 g/mol. The molecule has 0 amide bonds. The van der Waals surface area contributed by atoms with Gasteiger partial charge in [0.1, 0.15) is 5.69 Å². The second-order valence-electron chi connectivity index (χ2n) is 3.73. The smallest absolute Gasteiger partial charge is 0.356 e. The third-order valence-corrected chi connectivity index (χ3v) is 3.62. The van der Waals surface area contributed by atoms with Crippen LogP contribution >= 0.6 is 11.8 Å². The molecule has 0 saturated heterocycles. The van der Waals surface area contributed by atoms with Crippen LogP contribution in [0.1, 0.15) is 10.5 Å². The van der Waals surface area contributed by atoms with Crippen LogP contribution in [0.2, 0.25) is 0 Å². The van der Waals surface area contributed by atoms with E-state index in [1.807, 2.05) is 0 Å². The minimum absolute atomic E-state index is 0.0100. The Morgan fingerprint density at radius 3 is 2.33 bits per heavy atom. The van der Waals surface area contributed by atoms with Gasteiger partial charge in [0.25, 0.3) is 11.9 Å². The summed E-state index contributed by atoms with van der Waals surface area (Å²) in [5.74, 6) is -7.52. The second kappa shape index (κ2) is 5.72. The van der Waals surface area contributed by atoms with Crippen molar-refractivity contribution in [2.24, 2.45) is 7.05 Å². The number of aromatic nitrogens is 3. The first-order valence-corrected chi connectivity index (χ1v) is 6.16. The molecule has 2 aromatic rings. The zero-order valence-corrected chi connectivity index (χ0v) is 11.5. The van der Waals surface area contributed by atoms with E-state index in [0.29, 0.717) is 11.8 Å². The van der Waals surface area contributed by atoms with Crippen molar-refractivity contribution in [2.45, 2.75) is 10.1 Å². The Hall–Kier alpha value is -2.10. The molecule has 0 atom stereocenters. The highest BCUT2D eigenvalue weighted by molar-refractivity contribution is 7.99. The molecule has 2 rings (SSSR count). The molecule has 0 aliphatic heterocycles. The van der Waals surface area contributed by atoms with E-state index in [1.54, 1.807) is 0 Å². The zero-order valence-electron chi connectivity index (χ0n) is 10.7. The molecule has 2 heterocycles. The Morgan fingerprint density at radius 2 is 1.81 bits per heavy atom. The largest absolute Gasteiger partial charge is 0.464 e. The number of pyridine rings is 1. The van der Waals surface area contributed by atoms with E-state index < -0.39 is 34.4 Å². The summed E-state index contributed by atoms with van der Waals surface area (Å²) in [6.45, 7) is 0. The van der Waals surface area contributed by atoms with Crippen molar-refractivity contribution in [3.05, 3.63) is 35.4 Å². The van der Waals surface area contributed by atoms with Gasteiger partial charge < -0.3 is 9.30 Å². The zero-order chi connectivity index (χ0) is 15.7. The Morgan fingerprint density at radius 1 is 1.24 bits per heavy atom. The number of carbonyl (C=O) groups excluding carboxylic acids is 1. The number of nitrogens with zero attached hydrogens (tertiary/aromatic N) is 3. The summed E-state index contributed by atoms with van der Waals surface area (Å²) in [5.41, 5.74) is 0.0100. The van der Waals surface area contributed by atoms with Gasteiger partial charge in [-0.1, -0.05) is 0 Å². The molecule has 0 N–H and O–H groups in total. The number of ether oxygens (including phenoxy) is 1. The first kappa shape index (κ1) is 15.3. The lowest BCUT2D eigenvalue weighted by Crippen LogP contribution is -2.08. The summed E-state index contributed by atoms with van der Waals surface area (Å²) in [6, 6.07) is 0. The molecule has 0 spiro atoms. The maximum atomic E-state index is 13.5. The molecule has 10 heteroatoms. The molecule has 0 bridgehead atoms. The Balaban J connectivity index is 2.44. The summed E-state index contributed by atoms with van der Waals surface area (Å²) >= 11 is 0.319. The Kier molecular flexibility index (Phi) is 4.16. The first-order chi connectivity index (χ1) is 9.86. The molecule has 5 nitrogen and oxygen atoms in total. The van der Waals surface area contributed by atoms with Crippen LogP contribution in [0, 0.1) is 23.5 Å². The third kappa shape index (κ3) is 2.71. The Bertz CT molecular complexity index is 694. The van der Waals surface area contributed by atoms with Gasteiger partial charge in [0, 0.05) is 7.05 Å². The van der Waals surface area contributed by atoms with Crippen molar-refractivity contribution in [3.63, 3.8) is 0 Å². The highest BCUT2D eigenvalue weighted by atomic mass is 32.2. The topological polar surface area (TPSA) is 57.0 Å². The van der Waals surface area contributed by atoms with Crippen molar-refractivity contribution in [2.75, 3.05) is 7.11 Å². The molecule has 0 radical (unpaired) electrons. The summed E-state index contributed by atoms with van der Waals surface area (Å²) < 4.78 is 58.7. The van der Waals surface area contributed by atoms with Crippen LogP contribution in [0.4, 0.5) is 17.6 Å². The lowest BCUT2D eigenvalue weighted by atomic mass is 10.4. The molecule has 21 heavy (non-hydrogen) atoms. The molecule has 0 unspecified atom stereocenters. The highest BCUT2D eigenvalue weighted by Gasteiger charge is 2.24. The quantitative estimate of drug-likeness (QED) is 0.493. The van der Waals surface area contributed by atoms with Crippen molar-refractivity contribution in [1.29, 1.82) is 0 Å². The van der Waals surface area contributed by atoms with Crippen molar-refractivity contribution in [1.82, 2.24) is 14.5 Å². The fourth-order valence-corrected chi connectivity index (χ4v) is 2.30. The van der Waals surface area contributed by atoms with Crippen LogP contribution in [0.15, 0.2) is 16.2 Å². The van der Waals surface area contributed by atoms with E-state index in [4.69, 9.17) is 0 Å². The fraction of sp³-hybridized carbons (Fsp3) is 0.182. The summed E-state index contributed by atoms with van der Waals surface area (Å²) in [4.78, 5) is 16.6. The molecular formula is C11H7F4N3O2S. The average Bonchev–Trinajstić information content (AvgIpc) is 2.82. The molecule has 112 valence electrons. The van der Waals surface area contributed by atoms with E-state index in [1.165, 1.54) is 11.6 Å². The third-order valence-electron chi connectivity index (χ3n) is 2.49. The van der Waals surface area contributed by atoms with Crippen molar-refractivity contribution in [3.8, 4) is 0 Å². The molecule has 0 aromatic carbocycles. The van der Waals surface area contributed by atoms with E-state index in [9.17, 15) is 22.4 Å². The van der Waals surface area contributed by atoms with Gasteiger partial charge in [-0.25, -0.2) is 18.6 Å². The maximum Gasteiger partial charge on any atom is 0.356 e. The normalized spacial score (nSPS) is 10.8. The summed E-state index contributed by atoms with van der Waals surface area (Å²) in [6.07, 6.45) is 1.11. The van der Waals surface area contributed by atoms with Gasteiger partial charge in [0.15, 0.2) is 16.8 Å². The van der Waals surface area contributed by atoms with Crippen molar-refractivity contribution >= 4 is 17.7 Å². The molecular weight excluding hydrogens is 314 g/mol. The number of rotatable bonds is 3. The predicted octanol–water partition coefficient (Wildman–Crippen LogP) is 2.31. The maximum absolute atomic E-state index is 13.5. The van der Waals surface area contributed by atoms with Crippen LogP contribution in [0.3, 0.4) is 0 Å². The highest BCUT2D eigenvalue weighted by Crippen LogP contribution is 2.32. The van der Waals surface area contributed by atoms with Crippen LogP contribution in [-0.4, -0.2) is 27.6 Å². The number of carbonyl (C=O) groups is 1. The van der Waals surface area contributed by atoms with E-state index in [2.05, 4.69) is 14.7 Å².